The molecule has 166 valence electrons. The quantitative estimate of drug-likeness (QED) is 0.634. The third kappa shape index (κ3) is 4.22. The number of pyridine rings is 1. The van der Waals surface area contributed by atoms with E-state index in [2.05, 4.69) is 10.4 Å². The molecule has 2 aromatic heterocycles. The van der Waals surface area contributed by atoms with Crippen molar-refractivity contribution in [2.45, 2.75) is 39.3 Å². The zero-order chi connectivity index (χ0) is 22.3. The van der Waals surface area contributed by atoms with Crippen LogP contribution in [0.4, 0.5) is 0 Å². The van der Waals surface area contributed by atoms with Crippen molar-refractivity contribution in [2.24, 2.45) is 5.92 Å². The number of sulfonamides is 1. The zero-order valence-corrected chi connectivity index (χ0v) is 18.7. The zero-order valence-electron chi connectivity index (χ0n) is 17.9. The van der Waals surface area contributed by atoms with E-state index < -0.39 is 10.0 Å². The Morgan fingerprint density at radius 2 is 1.94 bits per heavy atom. The Bertz CT molecular complexity index is 1300. The Morgan fingerprint density at radius 1 is 1.26 bits per heavy atom. The molecular formula is C21H27N5O4S. The van der Waals surface area contributed by atoms with E-state index in [1.807, 2.05) is 44.2 Å². The van der Waals surface area contributed by atoms with Gasteiger partial charge in [-0.3, -0.25) is 4.79 Å². The Morgan fingerprint density at radius 3 is 2.61 bits per heavy atom. The van der Waals surface area contributed by atoms with Gasteiger partial charge in [0.15, 0.2) is 5.65 Å². The summed E-state index contributed by atoms with van der Waals surface area (Å²) in [5, 5.41) is 8.43. The smallest absolute Gasteiger partial charge is 0.350 e. The molecule has 31 heavy (non-hydrogen) atoms. The van der Waals surface area contributed by atoms with Crippen LogP contribution in [-0.2, 0) is 21.4 Å². The summed E-state index contributed by atoms with van der Waals surface area (Å²) < 4.78 is 27.7. The van der Waals surface area contributed by atoms with Crippen molar-refractivity contribution in [1.29, 1.82) is 0 Å². The summed E-state index contributed by atoms with van der Waals surface area (Å²) in [7, 11) is -3.22. The van der Waals surface area contributed by atoms with E-state index in [4.69, 9.17) is 0 Å². The third-order valence-electron chi connectivity index (χ3n) is 5.87. The molecule has 0 aliphatic carbocycles. The lowest BCUT2D eigenvalue weighted by Crippen LogP contribution is -2.46. The van der Waals surface area contributed by atoms with Gasteiger partial charge in [0.2, 0.25) is 15.9 Å². The standard InChI is InChI=1S/C21H27N5O4S/c1-14-12-17-6-4-5-7-18(17)26-19(14)23-25(21(26)28)13-15(2)22-20(27)16-8-10-24(11-9-16)31(3,29)30/h4-7,12,15-16H,8-11,13H2,1-3H3,(H,22,27). The normalized spacial score (nSPS) is 17.3. The number of rotatable bonds is 5. The number of para-hydroxylation sites is 1. The molecule has 1 unspecified atom stereocenters. The Labute approximate surface area is 180 Å². The van der Waals surface area contributed by atoms with Crippen LogP contribution in [0.2, 0.25) is 0 Å². The molecule has 1 amide bonds. The van der Waals surface area contributed by atoms with Crippen LogP contribution in [0.15, 0.2) is 35.1 Å². The van der Waals surface area contributed by atoms with Crippen molar-refractivity contribution in [3.63, 3.8) is 0 Å². The first-order valence-corrected chi connectivity index (χ1v) is 12.2. The highest BCUT2D eigenvalue weighted by atomic mass is 32.2. The molecule has 4 rings (SSSR count). The van der Waals surface area contributed by atoms with Gasteiger partial charge in [-0.2, -0.15) is 0 Å². The van der Waals surface area contributed by atoms with Gasteiger partial charge in [0, 0.05) is 25.0 Å². The van der Waals surface area contributed by atoms with Gasteiger partial charge in [-0.05, 0) is 49.8 Å². The van der Waals surface area contributed by atoms with Gasteiger partial charge in [0.05, 0.1) is 18.3 Å². The highest BCUT2D eigenvalue weighted by molar-refractivity contribution is 7.88. The molecule has 1 fully saturated rings. The molecule has 9 nitrogen and oxygen atoms in total. The van der Waals surface area contributed by atoms with Crippen molar-refractivity contribution in [1.82, 2.24) is 23.8 Å². The second kappa shape index (κ2) is 8.08. The van der Waals surface area contributed by atoms with Gasteiger partial charge in [-0.1, -0.05) is 18.2 Å². The minimum absolute atomic E-state index is 0.112. The van der Waals surface area contributed by atoms with Crippen molar-refractivity contribution in [2.75, 3.05) is 19.3 Å². The van der Waals surface area contributed by atoms with Crippen LogP contribution in [0.5, 0.6) is 0 Å². The van der Waals surface area contributed by atoms with Crippen molar-refractivity contribution >= 4 is 32.5 Å². The van der Waals surface area contributed by atoms with Crippen molar-refractivity contribution in [3.8, 4) is 0 Å². The van der Waals surface area contributed by atoms with Gasteiger partial charge in [0.25, 0.3) is 0 Å². The van der Waals surface area contributed by atoms with Crippen molar-refractivity contribution < 1.29 is 13.2 Å². The summed E-state index contributed by atoms with van der Waals surface area (Å²) in [6.45, 7) is 4.72. The number of hydrogen-bond acceptors (Lipinski definition) is 5. The van der Waals surface area contributed by atoms with Crippen LogP contribution in [0.3, 0.4) is 0 Å². The number of hydrogen-bond donors (Lipinski definition) is 1. The van der Waals surface area contributed by atoms with Crippen LogP contribution in [0.1, 0.15) is 25.3 Å². The van der Waals surface area contributed by atoms with E-state index in [0.717, 1.165) is 16.5 Å². The van der Waals surface area contributed by atoms with Gasteiger partial charge in [0.1, 0.15) is 0 Å². The Balaban J connectivity index is 1.48. The SMILES string of the molecule is Cc1cc2ccccc2n2c(=O)n(CC(C)NC(=O)C3CCN(S(C)(=O)=O)CC3)nc12. The molecule has 1 atom stereocenters. The predicted octanol–water partition coefficient (Wildman–Crippen LogP) is 1.13. The summed E-state index contributed by atoms with van der Waals surface area (Å²) in [6.07, 6.45) is 2.17. The maximum Gasteiger partial charge on any atom is 0.350 e. The van der Waals surface area contributed by atoms with E-state index >= 15 is 0 Å². The van der Waals surface area contributed by atoms with Gasteiger partial charge < -0.3 is 5.32 Å². The number of aromatic nitrogens is 3. The summed E-state index contributed by atoms with van der Waals surface area (Å²) >= 11 is 0. The van der Waals surface area contributed by atoms with Crippen LogP contribution < -0.4 is 11.0 Å². The highest BCUT2D eigenvalue weighted by Crippen LogP contribution is 2.20. The number of nitrogens with zero attached hydrogens (tertiary/aromatic N) is 4. The summed E-state index contributed by atoms with van der Waals surface area (Å²) in [6, 6.07) is 9.39. The number of piperidine rings is 1. The number of nitrogens with one attached hydrogen (secondary N) is 1. The first-order chi connectivity index (χ1) is 14.6. The fourth-order valence-corrected chi connectivity index (χ4v) is 5.10. The second-order valence-corrected chi connectivity index (χ2v) is 10.3. The van der Waals surface area contributed by atoms with E-state index in [0.29, 0.717) is 31.6 Å². The summed E-state index contributed by atoms with van der Waals surface area (Å²) in [5.74, 6) is -0.344. The molecular weight excluding hydrogens is 418 g/mol. The highest BCUT2D eigenvalue weighted by Gasteiger charge is 2.29. The maximum absolute atomic E-state index is 13.0. The summed E-state index contributed by atoms with van der Waals surface area (Å²) in [4.78, 5) is 25.7. The number of amides is 1. The third-order valence-corrected chi connectivity index (χ3v) is 7.17. The molecule has 0 bridgehead atoms. The lowest BCUT2D eigenvalue weighted by atomic mass is 9.97. The average Bonchev–Trinajstić information content (AvgIpc) is 3.04. The molecule has 1 aromatic carbocycles. The lowest BCUT2D eigenvalue weighted by molar-refractivity contribution is -0.126. The van der Waals surface area contributed by atoms with Gasteiger partial charge in [-0.15, -0.1) is 5.10 Å². The number of carbonyl (C=O) groups excluding carboxylic acids is 1. The summed E-state index contributed by atoms with van der Waals surface area (Å²) in [5.41, 5.74) is 2.07. The lowest BCUT2D eigenvalue weighted by Gasteiger charge is -2.30. The number of fused-ring (bicyclic) bond motifs is 3. The van der Waals surface area contributed by atoms with E-state index in [9.17, 15) is 18.0 Å². The molecule has 0 spiro atoms. The molecule has 0 radical (unpaired) electrons. The fraction of sp³-hybridized carbons (Fsp3) is 0.476. The topological polar surface area (TPSA) is 106 Å². The largest absolute Gasteiger partial charge is 0.352 e. The second-order valence-electron chi connectivity index (χ2n) is 8.36. The van der Waals surface area contributed by atoms with Crippen LogP contribution >= 0.6 is 0 Å². The Kier molecular flexibility index (Phi) is 5.61. The minimum atomic E-state index is -3.22. The van der Waals surface area contributed by atoms with Gasteiger partial charge in [-0.25, -0.2) is 26.6 Å². The molecule has 0 saturated carbocycles. The Hall–Kier alpha value is -2.72. The molecule has 3 heterocycles. The molecule has 3 aromatic rings. The van der Waals surface area contributed by atoms with Crippen molar-refractivity contribution in [3.05, 3.63) is 46.4 Å². The molecule has 10 heteroatoms. The minimum Gasteiger partial charge on any atom is -0.352 e. The molecule has 1 N–H and O–H groups in total. The van der Waals surface area contributed by atoms with Gasteiger partial charge >= 0.3 is 5.69 Å². The van der Waals surface area contributed by atoms with E-state index in [-0.39, 0.29) is 30.1 Å². The average molecular weight is 446 g/mol. The van der Waals surface area contributed by atoms with Crippen LogP contribution in [-0.4, -0.2) is 58.2 Å². The predicted molar refractivity (Wildman–Crippen MR) is 118 cm³/mol. The molecule has 1 aliphatic heterocycles. The maximum atomic E-state index is 13.0. The van der Waals surface area contributed by atoms with E-state index in [1.165, 1.54) is 15.2 Å². The van der Waals surface area contributed by atoms with Crippen LogP contribution in [0.25, 0.3) is 16.6 Å². The van der Waals surface area contributed by atoms with Crippen LogP contribution in [0, 0.1) is 12.8 Å². The first-order valence-electron chi connectivity index (χ1n) is 10.4. The first kappa shape index (κ1) is 21.5. The monoisotopic (exact) mass is 445 g/mol. The fourth-order valence-electron chi connectivity index (χ4n) is 4.23. The number of benzene rings is 1. The molecule has 1 saturated heterocycles. The number of aryl methyl sites for hydroxylation is 1. The number of carbonyl (C=O) groups is 1. The molecule has 1 aliphatic rings. The van der Waals surface area contributed by atoms with E-state index in [1.54, 1.807) is 4.40 Å².